The van der Waals surface area contributed by atoms with Crippen molar-refractivity contribution in [2.24, 2.45) is 0 Å². The van der Waals surface area contributed by atoms with Gasteiger partial charge >= 0.3 is 0 Å². The Bertz CT molecular complexity index is 540. The fourth-order valence-corrected chi connectivity index (χ4v) is 2.38. The van der Waals surface area contributed by atoms with Crippen molar-refractivity contribution in [3.63, 3.8) is 0 Å². The number of aromatic nitrogens is 2. The van der Waals surface area contributed by atoms with Gasteiger partial charge in [0.15, 0.2) is 0 Å². The van der Waals surface area contributed by atoms with E-state index in [1.807, 2.05) is 12.1 Å². The molecule has 0 saturated carbocycles. The van der Waals surface area contributed by atoms with Crippen molar-refractivity contribution in [1.29, 1.82) is 0 Å². The maximum atomic E-state index is 6.25. The highest BCUT2D eigenvalue weighted by Gasteiger charge is 2.19. The Labute approximate surface area is 122 Å². The SMILES string of the molecule is C=CCOCC(c1ncc[nH]1)c1ccc(Cl)cc1Cl. The average molecular weight is 297 g/mol. The monoisotopic (exact) mass is 296 g/mol. The van der Waals surface area contributed by atoms with E-state index in [9.17, 15) is 0 Å². The molecule has 0 fully saturated rings. The quantitative estimate of drug-likeness (QED) is 0.645. The number of halogens is 2. The van der Waals surface area contributed by atoms with Gasteiger partial charge in [-0.25, -0.2) is 4.98 Å². The topological polar surface area (TPSA) is 37.9 Å². The molecule has 1 heterocycles. The van der Waals surface area contributed by atoms with E-state index >= 15 is 0 Å². The second-order valence-corrected chi connectivity index (χ2v) is 4.86. The maximum Gasteiger partial charge on any atom is 0.115 e. The first kappa shape index (κ1) is 14.1. The van der Waals surface area contributed by atoms with Crippen LogP contribution in [-0.4, -0.2) is 23.2 Å². The number of hydrogen-bond donors (Lipinski definition) is 1. The normalized spacial score (nSPS) is 12.3. The number of rotatable bonds is 6. The molecule has 0 aliphatic heterocycles. The van der Waals surface area contributed by atoms with Crippen molar-refractivity contribution < 1.29 is 4.74 Å². The van der Waals surface area contributed by atoms with E-state index in [1.54, 1.807) is 24.5 Å². The first-order valence-electron chi connectivity index (χ1n) is 5.85. The first-order chi connectivity index (χ1) is 9.22. The molecule has 19 heavy (non-hydrogen) atoms. The third-order valence-corrected chi connectivity index (χ3v) is 3.27. The van der Waals surface area contributed by atoms with Gasteiger partial charge in [0.1, 0.15) is 5.82 Å². The van der Waals surface area contributed by atoms with Crippen molar-refractivity contribution in [1.82, 2.24) is 9.97 Å². The number of ether oxygens (including phenoxy) is 1. The molecule has 1 atom stereocenters. The van der Waals surface area contributed by atoms with Gasteiger partial charge in [-0.1, -0.05) is 35.3 Å². The molecule has 0 aliphatic carbocycles. The zero-order valence-electron chi connectivity index (χ0n) is 10.3. The molecule has 0 aliphatic rings. The molecule has 5 heteroatoms. The van der Waals surface area contributed by atoms with Crippen molar-refractivity contribution in [3.8, 4) is 0 Å². The molecule has 0 saturated heterocycles. The third kappa shape index (κ3) is 3.60. The van der Waals surface area contributed by atoms with Crippen LogP contribution in [0.2, 0.25) is 10.0 Å². The van der Waals surface area contributed by atoms with Gasteiger partial charge in [0, 0.05) is 22.4 Å². The van der Waals surface area contributed by atoms with Crippen LogP contribution < -0.4 is 0 Å². The molecule has 0 amide bonds. The first-order valence-corrected chi connectivity index (χ1v) is 6.61. The molecule has 1 N–H and O–H groups in total. The zero-order chi connectivity index (χ0) is 13.7. The van der Waals surface area contributed by atoms with Gasteiger partial charge in [-0.15, -0.1) is 6.58 Å². The highest BCUT2D eigenvalue weighted by atomic mass is 35.5. The zero-order valence-corrected chi connectivity index (χ0v) is 11.8. The summed E-state index contributed by atoms with van der Waals surface area (Å²) in [6.45, 7) is 4.59. The predicted octanol–water partition coefficient (Wildman–Crippen LogP) is 4.05. The lowest BCUT2D eigenvalue weighted by Gasteiger charge is -2.16. The second kappa shape index (κ2) is 6.75. The Hall–Kier alpha value is -1.29. The highest BCUT2D eigenvalue weighted by Crippen LogP contribution is 2.30. The Morgan fingerprint density at radius 3 is 2.89 bits per heavy atom. The van der Waals surface area contributed by atoms with Gasteiger partial charge < -0.3 is 9.72 Å². The molecule has 1 unspecified atom stereocenters. The summed E-state index contributed by atoms with van der Waals surface area (Å²) < 4.78 is 5.54. The molecular formula is C14H14Cl2N2O. The lowest BCUT2D eigenvalue weighted by Crippen LogP contribution is -2.12. The van der Waals surface area contributed by atoms with Gasteiger partial charge in [0.05, 0.1) is 19.1 Å². The van der Waals surface area contributed by atoms with Crippen LogP contribution in [0, 0.1) is 0 Å². The van der Waals surface area contributed by atoms with E-state index in [0.717, 1.165) is 11.4 Å². The van der Waals surface area contributed by atoms with E-state index < -0.39 is 0 Å². The molecule has 0 spiro atoms. The Balaban J connectivity index is 2.28. The number of nitrogens with one attached hydrogen (secondary N) is 1. The standard InChI is InChI=1S/C14H14Cl2N2O/c1-2-7-19-9-12(14-17-5-6-18-14)11-4-3-10(15)8-13(11)16/h2-6,8,12H,1,7,9H2,(H,17,18). The summed E-state index contributed by atoms with van der Waals surface area (Å²) in [6, 6.07) is 5.43. The van der Waals surface area contributed by atoms with Crippen LogP contribution >= 0.6 is 23.2 Å². The molecular weight excluding hydrogens is 283 g/mol. The molecule has 100 valence electrons. The van der Waals surface area contributed by atoms with Crippen LogP contribution in [0.25, 0.3) is 0 Å². The van der Waals surface area contributed by atoms with Gasteiger partial charge in [-0.05, 0) is 17.7 Å². The van der Waals surface area contributed by atoms with Gasteiger partial charge in [-0.3, -0.25) is 0 Å². The lowest BCUT2D eigenvalue weighted by atomic mass is 9.99. The fraction of sp³-hybridized carbons (Fsp3) is 0.214. The third-order valence-electron chi connectivity index (χ3n) is 2.71. The summed E-state index contributed by atoms with van der Waals surface area (Å²) in [5.41, 5.74) is 0.935. The molecule has 2 rings (SSSR count). The summed E-state index contributed by atoms with van der Waals surface area (Å²) in [5, 5.41) is 1.22. The molecule has 2 aromatic rings. The van der Waals surface area contributed by atoms with Crippen LogP contribution in [0.3, 0.4) is 0 Å². The average Bonchev–Trinajstić information content (AvgIpc) is 2.89. The van der Waals surface area contributed by atoms with Gasteiger partial charge in [0.25, 0.3) is 0 Å². The minimum atomic E-state index is -0.0558. The molecule has 1 aromatic carbocycles. The van der Waals surface area contributed by atoms with Crippen molar-refractivity contribution in [2.45, 2.75) is 5.92 Å². The van der Waals surface area contributed by atoms with Crippen molar-refractivity contribution in [2.75, 3.05) is 13.2 Å². The number of hydrogen-bond acceptors (Lipinski definition) is 2. The van der Waals surface area contributed by atoms with E-state index in [2.05, 4.69) is 16.5 Å². The van der Waals surface area contributed by atoms with Crippen LogP contribution in [0.5, 0.6) is 0 Å². The molecule has 3 nitrogen and oxygen atoms in total. The number of benzene rings is 1. The number of H-pyrrole nitrogens is 1. The molecule has 0 bridgehead atoms. The lowest BCUT2D eigenvalue weighted by molar-refractivity contribution is 0.153. The Morgan fingerprint density at radius 1 is 1.42 bits per heavy atom. The van der Waals surface area contributed by atoms with Crippen LogP contribution in [-0.2, 0) is 4.74 Å². The largest absolute Gasteiger partial charge is 0.376 e. The summed E-state index contributed by atoms with van der Waals surface area (Å²) in [6.07, 6.45) is 5.20. The Morgan fingerprint density at radius 2 is 2.26 bits per heavy atom. The highest BCUT2D eigenvalue weighted by molar-refractivity contribution is 6.35. The van der Waals surface area contributed by atoms with E-state index in [0.29, 0.717) is 23.3 Å². The van der Waals surface area contributed by atoms with Crippen LogP contribution in [0.4, 0.5) is 0 Å². The van der Waals surface area contributed by atoms with Gasteiger partial charge in [0.2, 0.25) is 0 Å². The maximum absolute atomic E-state index is 6.25. The van der Waals surface area contributed by atoms with E-state index in [4.69, 9.17) is 27.9 Å². The minimum Gasteiger partial charge on any atom is -0.376 e. The predicted molar refractivity (Wildman–Crippen MR) is 77.9 cm³/mol. The molecule has 1 aromatic heterocycles. The molecule has 0 radical (unpaired) electrons. The summed E-state index contributed by atoms with van der Waals surface area (Å²) in [5.74, 6) is 0.757. The van der Waals surface area contributed by atoms with E-state index in [-0.39, 0.29) is 5.92 Å². The summed E-state index contributed by atoms with van der Waals surface area (Å²) in [4.78, 5) is 7.38. The summed E-state index contributed by atoms with van der Waals surface area (Å²) >= 11 is 12.2. The van der Waals surface area contributed by atoms with Crippen LogP contribution in [0.1, 0.15) is 17.3 Å². The van der Waals surface area contributed by atoms with Crippen LogP contribution in [0.15, 0.2) is 43.2 Å². The van der Waals surface area contributed by atoms with E-state index in [1.165, 1.54) is 0 Å². The number of aromatic amines is 1. The fourth-order valence-electron chi connectivity index (χ4n) is 1.84. The van der Waals surface area contributed by atoms with Crippen molar-refractivity contribution in [3.05, 3.63) is 64.7 Å². The number of nitrogens with zero attached hydrogens (tertiary/aromatic N) is 1. The Kier molecular flexibility index (Phi) is 5.02. The second-order valence-electron chi connectivity index (χ2n) is 4.02. The van der Waals surface area contributed by atoms with Crippen molar-refractivity contribution >= 4 is 23.2 Å². The van der Waals surface area contributed by atoms with Gasteiger partial charge in [-0.2, -0.15) is 0 Å². The smallest absolute Gasteiger partial charge is 0.115 e. The summed E-state index contributed by atoms with van der Waals surface area (Å²) in [7, 11) is 0. The number of imidazole rings is 1. The minimum absolute atomic E-state index is 0.0558.